The van der Waals surface area contributed by atoms with E-state index in [2.05, 4.69) is 6.07 Å². The molecule has 0 amide bonds. The standard InChI is InChI=1S/C31H30Cl3NO4/c1-17-6-11-27(38-2)21(12-17)19-14-31(37,15-19)23-10-9-20(13-26(23)34)39-16-22(30(36)18-7-8-18)29(35)28-24(32)4-3-5-25(28)33/h3-6,9-13,18-19,35-37H,7-8,14-16H2,1-2H3/b30-22-,35-29?. The topological polar surface area (TPSA) is 82.8 Å². The Kier molecular flexibility index (Phi) is 7.89. The average molecular weight is 587 g/mol. The van der Waals surface area contributed by atoms with Gasteiger partial charge < -0.3 is 19.7 Å². The molecule has 0 saturated heterocycles. The van der Waals surface area contributed by atoms with Crippen LogP contribution in [0.2, 0.25) is 15.1 Å². The zero-order valence-electron chi connectivity index (χ0n) is 21.7. The summed E-state index contributed by atoms with van der Waals surface area (Å²) in [7, 11) is 1.66. The number of benzene rings is 3. The van der Waals surface area contributed by atoms with Gasteiger partial charge in [0.15, 0.2) is 0 Å². The van der Waals surface area contributed by atoms with E-state index in [0.717, 1.165) is 29.7 Å². The van der Waals surface area contributed by atoms with E-state index in [0.29, 0.717) is 50.4 Å². The summed E-state index contributed by atoms with van der Waals surface area (Å²) in [5.41, 5.74) is 2.55. The van der Waals surface area contributed by atoms with Crippen molar-refractivity contribution in [1.82, 2.24) is 0 Å². The van der Waals surface area contributed by atoms with Crippen molar-refractivity contribution >= 4 is 40.5 Å². The summed E-state index contributed by atoms with van der Waals surface area (Å²) >= 11 is 19.3. The second kappa shape index (κ2) is 11.1. The van der Waals surface area contributed by atoms with Gasteiger partial charge >= 0.3 is 0 Å². The molecule has 0 aromatic heterocycles. The van der Waals surface area contributed by atoms with Gasteiger partial charge in [-0.25, -0.2) is 0 Å². The van der Waals surface area contributed by atoms with Crippen LogP contribution in [0.4, 0.5) is 0 Å². The first kappa shape index (κ1) is 27.9. The lowest BCUT2D eigenvalue weighted by molar-refractivity contribution is -0.0553. The summed E-state index contributed by atoms with van der Waals surface area (Å²) in [6, 6.07) is 16.3. The van der Waals surface area contributed by atoms with Crippen LogP contribution in [0.25, 0.3) is 0 Å². The van der Waals surface area contributed by atoms with Crippen LogP contribution in [-0.4, -0.2) is 29.6 Å². The van der Waals surface area contributed by atoms with Crippen LogP contribution in [0.15, 0.2) is 65.9 Å². The highest BCUT2D eigenvalue weighted by atomic mass is 35.5. The van der Waals surface area contributed by atoms with Crippen LogP contribution in [0.1, 0.15) is 53.9 Å². The Morgan fingerprint density at radius 2 is 1.69 bits per heavy atom. The molecule has 5 rings (SSSR count). The van der Waals surface area contributed by atoms with Crippen LogP contribution in [0.3, 0.4) is 0 Å². The molecule has 0 atom stereocenters. The van der Waals surface area contributed by atoms with Crippen molar-refractivity contribution in [1.29, 1.82) is 5.41 Å². The fourth-order valence-corrected chi connectivity index (χ4v) is 6.18. The second-order valence-electron chi connectivity index (χ2n) is 10.4. The Hall–Kier alpha value is -2.70. The lowest BCUT2D eigenvalue weighted by Crippen LogP contribution is -2.40. The molecular formula is C31H30Cl3NO4. The molecule has 2 aliphatic carbocycles. The number of methoxy groups -OCH3 is 1. The maximum absolute atomic E-state index is 11.4. The number of halogens is 3. The summed E-state index contributed by atoms with van der Waals surface area (Å²) in [5, 5.41) is 32.1. The number of aliphatic hydroxyl groups excluding tert-OH is 1. The van der Waals surface area contributed by atoms with Gasteiger partial charge in [0.2, 0.25) is 0 Å². The van der Waals surface area contributed by atoms with E-state index in [1.54, 1.807) is 43.5 Å². The molecule has 2 fully saturated rings. The number of rotatable bonds is 9. The third kappa shape index (κ3) is 5.64. The fourth-order valence-electron chi connectivity index (χ4n) is 5.25. The lowest BCUT2D eigenvalue weighted by Gasteiger charge is -2.45. The first-order valence-corrected chi connectivity index (χ1v) is 14.0. The monoisotopic (exact) mass is 585 g/mol. The normalized spacial score (nSPS) is 21.1. The van der Waals surface area contributed by atoms with Gasteiger partial charge in [0, 0.05) is 17.0 Å². The van der Waals surface area contributed by atoms with Crippen molar-refractivity contribution in [3.63, 3.8) is 0 Å². The van der Waals surface area contributed by atoms with Crippen LogP contribution in [0.5, 0.6) is 11.5 Å². The third-order valence-corrected chi connectivity index (χ3v) is 8.55. The van der Waals surface area contributed by atoms with Gasteiger partial charge in [0.05, 0.1) is 39.1 Å². The molecule has 0 unspecified atom stereocenters. The fraction of sp³-hybridized carbons (Fsp3) is 0.323. The van der Waals surface area contributed by atoms with Gasteiger partial charge in [-0.3, -0.25) is 5.41 Å². The van der Waals surface area contributed by atoms with E-state index in [1.165, 1.54) is 0 Å². The van der Waals surface area contributed by atoms with Crippen molar-refractivity contribution < 1.29 is 19.7 Å². The molecule has 0 bridgehead atoms. The zero-order chi connectivity index (χ0) is 27.9. The molecule has 0 radical (unpaired) electrons. The second-order valence-corrected chi connectivity index (χ2v) is 11.6. The van der Waals surface area contributed by atoms with Crippen molar-refractivity contribution in [3.8, 4) is 11.5 Å². The van der Waals surface area contributed by atoms with E-state index >= 15 is 0 Å². The first-order valence-electron chi connectivity index (χ1n) is 12.9. The largest absolute Gasteiger partial charge is 0.512 e. The molecule has 2 saturated carbocycles. The summed E-state index contributed by atoms with van der Waals surface area (Å²) in [5.74, 6) is 1.58. The molecule has 5 nitrogen and oxygen atoms in total. The van der Waals surface area contributed by atoms with Crippen LogP contribution in [0, 0.1) is 18.3 Å². The Bertz CT molecular complexity index is 1440. The van der Waals surface area contributed by atoms with Gasteiger partial charge in [-0.15, -0.1) is 0 Å². The summed E-state index contributed by atoms with van der Waals surface area (Å²) in [4.78, 5) is 0. The number of allylic oxidation sites excluding steroid dienone is 1. The van der Waals surface area contributed by atoms with E-state index in [4.69, 9.17) is 49.7 Å². The van der Waals surface area contributed by atoms with E-state index in [1.807, 2.05) is 19.1 Å². The number of ether oxygens (including phenoxy) is 2. The molecular weight excluding hydrogens is 557 g/mol. The van der Waals surface area contributed by atoms with Crippen molar-refractivity contribution in [3.05, 3.63) is 103 Å². The molecule has 8 heteroatoms. The Labute approximate surface area is 243 Å². The SMILES string of the molecule is COc1ccc(C)cc1C1CC(O)(c2ccc(OC/C(C(=N)c3c(Cl)cccc3Cl)=C(/O)C3CC3)cc2Cl)C1. The summed E-state index contributed by atoms with van der Waals surface area (Å²) in [6.07, 6.45) is 2.77. The van der Waals surface area contributed by atoms with Gasteiger partial charge in [0.25, 0.3) is 0 Å². The number of aryl methyl sites for hydroxylation is 1. The van der Waals surface area contributed by atoms with E-state index in [-0.39, 0.29) is 29.9 Å². The molecule has 0 aliphatic heterocycles. The summed E-state index contributed by atoms with van der Waals surface area (Å²) < 4.78 is 11.5. The molecule has 204 valence electrons. The number of aliphatic hydroxyl groups is 2. The maximum atomic E-state index is 11.4. The number of nitrogens with one attached hydrogen (secondary N) is 1. The van der Waals surface area contributed by atoms with Crippen molar-refractivity contribution in [2.75, 3.05) is 13.7 Å². The van der Waals surface area contributed by atoms with E-state index < -0.39 is 5.60 Å². The highest BCUT2D eigenvalue weighted by Gasteiger charge is 2.46. The molecule has 3 aromatic rings. The number of hydrogen-bond acceptors (Lipinski definition) is 5. The van der Waals surface area contributed by atoms with Gasteiger partial charge in [-0.2, -0.15) is 0 Å². The molecule has 3 N–H and O–H groups in total. The average Bonchev–Trinajstić information content (AvgIpc) is 3.72. The Morgan fingerprint density at radius 3 is 2.31 bits per heavy atom. The minimum absolute atomic E-state index is 0.00372. The van der Waals surface area contributed by atoms with Gasteiger partial charge in [0.1, 0.15) is 23.9 Å². The first-order chi connectivity index (χ1) is 18.6. The van der Waals surface area contributed by atoms with Crippen molar-refractivity contribution in [2.45, 2.75) is 44.1 Å². The quantitative estimate of drug-likeness (QED) is 0.174. The third-order valence-electron chi connectivity index (χ3n) is 7.61. The number of hydrogen-bond donors (Lipinski definition) is 3. The minimum atomic E-state index is -1.05. The maximum Gasteiger partial charge on any atom is 0.122 e. The van der Waals surface area contributed by atoms with E-state index in [9.17, 15) is 10.2 Å². The van der Waals surface area contributed by atoms with Gasteiger partial charge in [-0.05, 0) is 74.4 Å². The molecule has 39 heavy (non-hydrogen) atoms. The highest BCUT2D eigenvalue weighted by Crippen LogP contribution is 2.54. The highest BCUT2D eigenvalue weighted by molar-refractivity contribution is 6.41. The Balaban J connectivity index is 1.32. The molecule has 0 spiro atoms. The molecule has 0 heterocycles. The molecule has 2 aliphatic rings. The molecule has 3 aromatic carbocycles. The van der Waals surface area contributed by atoms with Gasteiger partial charge in [-0.1, -0.05) is 64.6 Å². The Morgan fingerprint density at radius 1 is 1.00 bits per heavy atom. The van der Waals surface area contributed by atoms with Crippen LogP contribution >= 0.6 is 34.8 Å². The smallest absolute Gasteiger partial charge is 0.122 e. The minimum Gasteiger partial charge on any atom is -0.512 e. The van der Waals surface area contributed by atoms with Crippen LogP contribution in [-0.2, 0) is 5.60 Å². The predicted molar refractivity (Wildman–Crippen MR) is 156 cm³/mol. The zero-order valence-corrected chi connectivity index (χ0v) is 24.0. The van der Waals surface area contributed by atoms with Crippen molar-refractivity contribution in [2.24, 2.45) is 5.92 Å². The predicted octanol–water partition coefficient (Wildman–Crippen LogP) is 8.40. The van der Waals surface area contributed by atoms with Crippen LogP contribution < -0.4 is 9.47 Å². The lowest BCUT2D eigenvalue weighted by atomic mass is 9.64. The summed E-state index contributed by atoms with van der Waals surface area (Å²) in [6.45, 7) is 1.98.